The summed E-state index contributed by atoms with van der Waals surface area (Å²) >= 11 is 0. The molecule has 2 aliphatic rings. The summed E-state index contributed by atoms with van der Waals surface area (Å²) in [6.45, 7) is 11.0. The average molecular weight is 290 g/mol. The summed E-state index contributed by atoms with van der Waals surface area (Å²) < 4.78 is 2.17. The van der Waals surface area contributed by atoms with E-state index in [9.17, 15) is 0 Å². The van der Waals surface area contributed by atoms with Gasteiger partial charge in [-0.3, -0.25) is 9.58 Å². The van der Waals surface area contributed by atoms with Crippen LogP contribution >= 0.6 is 0 Å². The van der Waals surface area contributed by atoms with E-state index in [0.29, 0.717) is 11.6 Å². The van der Waals surface area contributed by atoms with Gasteiger partial charge in [0.05, 0.1) is 11.4 Å². The largest absolute Gasteiger partial charge is 0.308 e. The molecule has 0 bridgehead atoms. The molecular formula is C17H30N4. The molecule has 0 aromatic carbocycles. The second-order valence-corrected chi connectivity index (χ2v) is 6.93. The molecule has 1 aliphatic heterocycles. The summed E-state index contributed by atoms with van der Waals surface area (Å²) in [4.78, 5) is 2.71. The number of rotatable bonds is 4. The van der Waals surface area contributed by atoms with Crippen LogP contribution < -0.4 is 5.32 Å². The Hall–Kier alpha value is -0.870. The molecular weight excluding hydrogens is 260 g/mol. The van der Waals surface area contributed by atoms with Gasteiger partial charge >= 0.3 is 0 Å². The topological polar surface area (TPSA) is 33.1 Å². The lowest BCUT2D eigenvalue weighted by Gasteiger charge is -2.46. The molecule has 118 valence electrons. The fraction of sp³-hybridized carbons (Fsp3) is 0.824. The third-order valence-electron chi connectivity index (χ3n) is 5.42. The molecule has 1 aliphatic carbocycles. The molecule has 1 saturated carbocycles. The van der Waals surface area contributed by atoms with Crippen LogP contribution in [0.5, 0.6) is 0 Å². The maximum absolute atomic E-state index is 4.61. The van der Waals surface area contributed by atoms with Crippen molar-refractivity contribution in [3.05, 3.63) is 17.5 Å². The van der Waals surface area contributed by atoms with E-state index in [1.54, 1.807) is 0 Å². The minimum atomic E-state index is 0.401. The van der Waals surface area contributed by atoms with Crippen LogP contribution in [0.25, 0.3) is 0 Å². The highest BCUT2D eigenvalue weighted by molar-refractivity contribution is 5.10. The third-order valence-corrected chi connectivity index (χ3v) is 5.42. The smallest absolute Gasteiger partial charge is 0.0597 e. The van der Waals surface area contributed by atoms with Crippen molar-refractivity contribution < 1.29 is 0 Å². The molecule has 1 atom stereocenters. The van der Waals surface area contributed by atoms with Crippen LogP contribution in [-0.4, -0.2) is 39.4 Å². The maximum Gasteiger partial charge on any atom is 0.0597 e. The van der Waals surface area contributed by atoms with Gasteiger partial charge in [0.1, 0.15) is 0 Å². The highest BCUT2D eigenvalue weighted by Gasteiger charge is 2.40. The summed E-state index contributed by atoms with van der Waals surface area (Å²) in [7, 11) is 0. The number of hydrogen-bond donors (Lipinski definition) is 1. The maximum atomic E-state index is 4.61. The molecule has 1 unspecified atom stereocenters. The lowest BCUT2D eigenvalue weighted by Crippen LogP contribution is -2.62. The van der Waals surface area contributed by atoms with E-state index in [0.717, 1.165) is 25.3 Å². The van der Waals surface area contributed by atoms with Gasteiger partial charge in [0.2, 0.25) is 0 Å². The molecule has 4 heteroatoms. The molecule has 1 saturated heterocycles. The van der Waals surface area contributed by atoms with Crippen LogP contribution in [0.4, 0.5) is 0 Å². The van der Waals surface area contributed by atoms with E-state index in [2.05, 4.69) is 46.8 Å². The highest BCUT2D eigenvalue weighted by Crippen LogP contribution is 2.34. The van der Waals surface area contributed by atoms with Gasteiger partial charge in [-0.1, -0.05) is 19.8 Å². The van der Waals surface area contributed by atoms with Crippen LogP contribution in [0.15, 0.2) is 6.07 Å². The highest BCUT2D eigenvalue weighted by atomic mass is 15.3. The van der Waals surface area contributed by atoms with Crippen molar-refractivity contribution in [2.45, 2.75) is 77.5 Å². The Bertz CT molecular complexity index is 473. The van der Waals surface area contributed by atoms with Gasteiger partial charge in [0.25, 0.3) is 0 Å². The molecule has 3 rings (SSSR count). The molecule has 2 fully saturated rings. The van der Waals surface area contributed by atoms with Crippen LogP contribution in [0.2, 0.25) is 0 Å². The van der Waals surface area contributed by atoms with E-state index in [1.165, 1.54) is 44.3 Å². The first-order chi connectivity index (χ1) is 10.2. The molecule has 1 aromatic heterocycles. The predicted molar refractivity (Wildman–Crippen MR) is 86.3 cm³/mol. The SMILES string of the molecule is CCC1CNC2(CCCC2)CN1Cc1cc(C)nn1CC. The molecule has 1 N–H and O–H groups in total. The summed E-state index contributed by atoms with van der Waals surface area (Å²) in [6, 6.07) is 2.93. The lowest BCUT2D eigenvalue weighted by atomic mass is 9.91. The number of piperazine rings is 1. The van der Waals surface area contributed by atoms with Crippen LogP contribution in [0, 0.1) is 6.92 Å². The fourth-order valence-electron chi connectivity index (χ4n) is 4.22. The zero-order valence-electron chi connectivity index (χ0n) is 13.9. The van der Waals surface area contributed by atoms with Gasteiger partial charge in [0, 0.05) is 37.8 Å². The van der Waals surface area contributed by atoms with Crippen LogP contribution in [0.1, 0.15) is 57.3 Å². The Morgan fingerprint density at radius 1 is 1.33 bits per heavy atom. The van der Waals surface area contributed by atoms with E-state index in [1.807, 2.05) is 0 Å². The number of hydrogen-bond acceptors (Lipinski definition) is 3. The molecule has 21 heavy (non-hydrogen) atoms. The number of aryl methyl sites for hydroxylation is 2. The predicted octanol–water partition coefficient (Wildman–Crippen LogP) is 2.71. The zero-order chi connectivity index (χ0) is 14.9. The van der Waals surface area contributed by atoms with E-state index < -0.39 is 0 Å². The van der Waals surface area contributed by atoms with Gasteiger partial charge in [-0.2, -0.15) is 5.10 Å². The van der Waals surface area contributed by atoms with Gasteiger partial charge in [-0.05, 0) is 39.2 Å². The molecule has 4 nitrogen and oxygen atoms in total. The second kappa shape index (κ2) is 6.09. The first-order valence-corrected chi connectivity index (χ1v) is 8.68. The van der Waals surface area contributed by atoms with Crippen LogP contribution in [-0.2, 0) is 13.1 Å². The standard InChI is InChI=1S/C17H30N4/c1-4-15-11-18-17(8-6-7-9-17)13-20(15)12-16-10-14(3)19-21(16)5-2/h10,15,18H,4-9,11-13H2,1-3H3. The van der Waals surface area contributed by atoms with Gasteiger partial charge in [-0.15, -0.1) is 0 Å². The Morgan fingerprint density at radius 2 is 2.10 bits per heavy atom. The lowest BCUT2D eigenvalue weighted by molar-refractivity contribution is 0.0695. The summed E-state index contributed by atoms with van der Waals surface area (Å²) in [5.74, 6) is 0. The Labute approximate surface area is 128 Å². The van der Waals surface area contributed by atoms with Gasteiger partial charge in [-0.25, -0.2) is 0 Å². The van der Waals surface area contributed by atoms with Crippen molar-refractivity contribution >= 4 is 0 Å². The van der Waals surface area contributed by atoms with Crippen molar-refractivity contribution in [2.24, 2.45) is 0 Å². The molecule has 0 amide bonds. The van der Waals surface area contributed by atoms with E-state index in [-0.39, 0.29) is 0 Å². The van der Waals surface area contributed by atoms with Crippen molar-refractivity contribution in [3.63, 3.8) is 0 Å². The van der Waals surface area contributed by atoms with Crippen LogP contribution in [0.3, 0.4) is 0 Å². The average Bonchev–Trinajstić information content (AvgIpc) is 3.06. The minimum absolute atomic E-state index is 0.401. The normalized spacial score (nSPS) is 25.8. The van der Waals surface area contributed by atoms with E-state index >= 15 is 0 Å². The summed E-state index contributed by atoms with van der Waals surface area (Å²) in [5.41, 5.74) is 2.92. The first-order valence-electron chi connectivity index (χ1n) is 8.68. The number of aromatic nitrogens is 2. The summed E-state index contributed by atoms with van der Waals surface area (Å²) in [5, 5.41) is 8.49. The molecule has 1 spiro atoms. The van der Waals surface area contributed by atoms with Crippen molar-refractivity contribution in [1.82, 2.24) is 20.0 Å². The zero-order valence-corrected chi connectivity index (χ0v) is 13.9. The third kappa shape index (κ3) is 3.02. The molecule has 0 radical (unpaired) electrons. The van der Waals surface area contributed by atoms with Crippen molar-refractivity contribution in [3.8, 4) is 0 Å². The van der Waals surface area contributed by atoms with Crippen molar-refractivity contribution in [2.75, 3.05) is 13.1 Å². The fourth-order valence-corrected chi connectivity index (χ4v) is 4.22. The van der Waals surface area contributed by atoms with E-state index in [4.69, 9.17) is 0 Å². The Kier molecular flexibility index (Phi) is 4.36. The molecule has 1 aromatic rings. The second-order valence-electron chi connectivity index (χ2n) is 6.93. The Morgan fingerprint density at radius 3 is 2.76 bits per heavy atom. The minimum Gasteiger partial charge on any atom is -0.308 e. The summed E-state index contributed by atoms with van der Waals surface area (Å²) in [6.07, 6.45) is 6.72. The first kappa shape index (κ1) is 15.0. The number of nitrogens with zero attached hydrogens (tertiary/aromatic N) is 3. The Balaban J connectivity index is 1.76. The van der Waals surface area contributed by atoms with Gasteiger partial charge in [0.15, 0.2) is 0 Å². The molecule has 2 heterocycles. The van der Waals surface area contributed by atoms with Gasteiger partial charge < -0.3 is 5.32 Å². The quantitative estimate of drug-likeness (QED) is 0.925. The number of nitrogens with one attached hydrogen (secondary N) is 1. The van der Waals surface area contributed by atoms with Crippen molar-refractivity contribution in [1.29, 1.82) is 0 Å². The monoisotopic (exact) mass is 290 g/mol.